The summed E-state index contributed by atoms with van der Waals surface area (Å²) < 4.78 is 33.8. The molecule has 2 aromatic carbocycles. The predicted octanol–water partition coefficient (Wildman–Crippen LogP) is 4.56. The summed E-state index contributed by atoms with van der Waals surface area (Å²) in [5.74, 6) is 0.277. The Labute approximate surface area is 174 Å². The zero-order valence-electron chi connectivity index (χ0n) is 16.5. The van der Waals surface area contributed by atoms with Crippen LogP contribution in [0.4, 0.5) is 8.78 Å². The van der Waals surface area contributed by atoms with Crippen LogP contribution < -0.4 is 4.74 Å². The molecule has 0 N–H and O–H groups in total. The van der Waals surface area contributed by atoms with Gasteiger partial charge in [0, 0.05) is 11.8 Å². The van der Waals surface area contributed by atoms with Gasteiger partial charge in [-0.15, -0.1) is 0 Å². The van der Waals surface area contributed by atoms with Gasteiger partial charge in [-0.2, -0.15) is 5.26 Å². The highest BCUT2D eigenvalue weighted by Crippen LogP contribution is 2.74. The second-order valence-electron chi connectivity index (χ2n) is 9.10. The van der Waals surface area contributed by atoms with Crippen molar-refractivity contribution < 1.29 is 18.3 Å². The molecular formula is C24H22F2N2O2. The smallest absolute Gasteiger partial charge is 0.229 e. The third-order valence-electron chi connectivity index (χ3n) is 6.85. The van der Waals surface area contributed by atoms with E-state index in [-0.39, 0.29) is 30.1 Å². The molecule has 2 unspecified atom stereocenters. The van der Waals surface area contributed by atoms with Gasteiger partial charge in [0.15, 0.2) is 0 Å². The Bertz CT molecular complexity index is 1030. The Morgan fingerprint density at radius 1 is 1.20 bits per heavy atom. The summed E-state index contributed by atoms with van der Waals surface area (Å²) in [6.07, 6.45) is 1.34. The molecule has 4 nitrogen and oxygen atoms in total. The predicted molar refractivity (Wildman–Crippen MR) is 106 cm³/mol. The van der Waals surface area contributed by atoms with Crippen molar-refractivity contribution in [2.75, 3.05) is 13.2 Å². The standard InChI is InChI=1S/C24H22F2N2O2/c25-18-5-2-4-17(8-18)21-9-19(26)11-28(21)22(29)24-12-23(13-24,14-24)15-30-20-6-1-3-16(7-20)10-27/h1-8,19,21H,9,11-15H2. The maximum atomic E-state index is 14.2. The normalized spacial score (nSPS) is 31.4. The molecule has 2 atom stereocenters. The van der Waals surface area contributed by atoms with Gasteiger partial charge in [0.05, 0.1) is 36.2 Å². The highest BCUT2D eigenvalue weighted by molar-refractivity contribution is 5.87. The van der Waals surface area contributed by atoms with E-state index in [1.807, 2.05) is 6.07 Å². The maximum absolute atomic E-state index is 14.2. The van der Waals surface area contributed by atoms with E-state index in [0.717, 1.165) is 19.3 Å². The number of halogens is 2. The Balaban J connectivity index is 1.23. The van der Waals surface area contributed by atoms with Gasteiger partial charge >= 0.3 is 0 Å². The molecule has 1 heterocycles. The fourth-order valence-electron chi connectivity index (χ4n) is 5.61. The van der Waals surface area contributed by atoms with Crippen LogP contribution in [0.15, 0.2) is 48.5 Å². The number of rotatable bonds is 5. The molecule has 3 aliphatic carbocycles. The molecule has 4 aliphatic rings. The number of carbonyl (C=O) groups excluding carboxylic acids is 1. The molecule has 0 radical (unpaired) electrons. The summed E-state index contributed by atoms with van der Waals surface area (Å²) in [5.41, 5.74) is 0.773. The van der Waals surface area contributed by atoms with Crippen molar-refractivity contribution >= 4 is 5.91 Å². The second kappa shape index (κ2) is 6.80. The molecule has 6 heteroatoms. The summed E-state index contributed by atoms with van der Waals surface area (Å²) in [5, 5.41) is 9.00. The highest BCUT2D eigenvalue weighted by atomic mass is 19.1. The molecule has 1 amide bonds. The van der Waals surface area contributed by atoms with Crippen LogP contribution in [0, 0.1) is 28.0 Å². The quantitative estimate of drug-likeness (QED) is 0.729. The van der Waals surface area contributed by atoms with E-state index in [1.165, 1.54) is 12.1 Å². The summed E-state index contributed by atoms with van der Waals surface area (Å²) >= 11 is 0. The van der Waals surface area contributed by atoms with Crippen LogP contribution in [0.25, 0.3) is 0 Å². The van der Waals surface area contributed by atoms with Crippen molar-refractivity contribution in [2.45, 2.75) is 37.9 Å². The Hall–Kier alpha value is -2.94. The van der Waals surface area contributed by atoms with E-state index in [9.17, 15) is 13.6 Å². The highest BCUT2D eigenvalue weighted by Gasteiger charge is 2.72. The fourth-order valence-corrected chi connectivity index (χ4v) is 5.61. The number of benzene rings is 2. The van der Waals surface area contributed by atoms with Crippen LogP contribution >= 0.6 is 0 Å². The number of nitriles is 1. The molecule has 0 aromatic heterocycles. The SMILES string of the molecule is N#Cc1cccc(OCC23CC(C(=O)N4CC(F)CC4c4cccc(F)c4)(C2)C3)c1. The number of amides is 1. The molecule has 1 saturated heterocycles. The minimum atomic E-state index is -1.08. The lowest BCUT2D eigenvalue weighted by Gasteiger charge is -2.69. The van der Waals surface area contributed by atoms with Crippen molar-refractivity contribution in [3.8, 4) is 11.8 Å². The summed E-state index contributed by atoms with van der Waals surface area (Å²) in [6.45, 7) is 0.586. The second-order valence-corrected chi connectivity index (χ2v) is 9.10. The minimum absolute atomic E-state index is 0.00901. The van der Waals surface area contributed by atoms with Crippen LogP contribution in [0.1, 0.15) is 42.9 Å². The molecule has 154 valence electrons. The number of nitrogens with zero attached hydrogens (tertiary/aromatic N) is 2. The van der Waals surface area contributed by atoms with Gasteiger partial charge in [-0.05, 0) is 55.2 Å². The van der Waals surface area contributed by atoms with Crippen molar-refractivity contribution in [3.63, 3.8) is 0 Å². The van der Waals surface area contributed by atoms with Crippen LogP contribution in [-0.2, 0) is 4.79 Å². The molecule has 2 aromatic rings. The van der Waals surface area contributed by atoms with Crippen molar-refractivity contribution in [1.82, 2.24) is 4.90 Å². The number of hydrogen-bond donors (Lipinski definition) is 0. The lowest BCUT2D eigenvalue weighted by atomic mass is 9.35. The number of ether oxygens (including phenoxy) is 1. The first-order valence-electron chi connectivity index (χ1n) is 10.3. The molecule has 1 aliphatic heterocycles. The summed E-state index contributed by atoms with van der Waals surface area (Å²) in [6, 6.07) is 14.9. The van der Waals surface area contributed by atoms with Crippen LogP contribution in [0.5, 0.6) is 5.75 Å². The fraction of sp³-hybridized carbons (Fsp3) is 0.417. The number of carbonyl (C=O) groups is 1. The van der Waals surface area contributed by atoms with Crippen molar-refractivity contribution in [3.05, 3.63) is 65.5 Å². The van der Waals surface area contributed by atoms with Gasteiger partial charge in [0.1, 0.15) is 17.7 Å². The van der Waals surface area contributed by atoms with Gasteiger partial charge in [-0.1, -0.05) is 18.2 Å². The minimum Gasteiger partial charge on any atom is -0.493 e. The van der Waals surface area contributed by atoms with Crippen LogP contribution in [0.3, 0.4) is 0 Å². The Morgan fingerprint density at radius 2 is 1.97 bits per heavy atom. The average Bonchev–Trinajstić information content (AvgIpc) is 3.08. The van der Waals surface area contributed by atoms with Gasteiger partial charge < -0.3 is 9.64 Å². The topological polar surface area (TPSA) is 53.3 Å². The Morgan fingerprint density at radius 3 is 2.70 bits per heavy atom. The van der Waals surface area contributed by atoms with E-state index in [4.69, 9.17) is 10.00 Å². The molecule has 2 bridgehead atoms. The van der Waals surface area contributed by atoms with E-state index < -0.39 is 17.6 Å². The molecule has 30 heavy (non-hydrogen) atoms. The molecule has 0 spiro atoms. The van der Waals surface area contributed by atoms with Gasteiger partial charge in [0.25, 0.3) is 0 Å². The molecular weight excluding hydrogens is 386 g/mol. The van der Waals surface area contributed by atoms with E-state index in [1.54, 1.807) is 35.2 Å². The molecule has 6 rings (SSSR count). The van der Waals surface area contributed by atoms with Gasteiger partial charge in [0.2, 0.25) is 5.91 Å². The van der Waals surface area contributed by atoms with Gasteiger partial charge in [-0.25, -0.2) is 8.78 Å². The van der Waals surface area contributed by atoms with E-state index >= 15 is 0 Å². The molecule has 3 saturated carbocycles. The van der Waals surface area contributed by atoms with Crippen molar-refractivity contribution in [1.29, 1.82) is 5.26 Å². The zero-order chi connectivity index (χ0) is 20.9. The van der Waals surface area contributed by atoms with Gasteiger partial charge in [-0.3, -0.25) is 4.79 Å². The lowest BCUT2D eigenvalue weighted by Crippen LogP contribution is -2.69. The molecule has 4 fully saturated rings. The lowest BCUT2D eigenvalue weighted by molar-refractivity contribution is -0.226. The average molecular weight is 408 g/mol. The Kier molecular flexibility index (Phi) is 4.32. The third kappa shape index (κ3) is 3.04. The zero-order valence-corrected chi connectivity index (χ0v) is 16.5. The monoisotopic (exact) mass is 408 g/mol. The number of hydrogen-bond acceptors (Lipinski definition) is 3. The van der Waals surface area contributed by atoms with Crippen LogP contribution in [-0.4, -0.2) is 30.1 Å². The first kappa shape index (κ1) is 19.0. The summed E-state index contributed by atoms with van der Waals surface area (Å²) in [4.78, 5) is 14.9. The van der Waals surface area contributed by atoms with E-state index in [2.05, 4.69) is 6.07 Å². The number of alkyl halides is 1. The van der Waals surface area contributed by atoms with E-state index in [0.29, 0.717) is 23.5 Å². The van der Waals surface area contributed by atoms with Crippen molar-refractivity contribution in [2.24, 2.45) is 10.8 Å². The summed E-state index contributed by atoms with van der Waals surface area (Å²) in [7, 11) is 0. The largest absolute Gasteiger partial charge is 0.493 e. The third-order valence-corrected chi connectivity index (χ3v) is 6.85. The van der Waals surface area contributed by atoms with Crippen LogP contribution in [0.2, 0.25) is 0 Å². The number of likely N-dealkylation sites (tertiary alicyclic amines) is 1. The maximum Gasteiger partial charge on any atom is 0.229 e. The first-order valence-corrected chi connectivity index (χ1v) is 10.3. The first-order chi connectivity index (χ1) is 14.4.